The highest BCUT2D eigenvalue weighted by Gasteiger charge is 2.29. The Balaban J connectivity index is 3.42. The largest absolute Gasteiger partial charge is 0.461 e. The van der Waals surface area contributed by atoms with Gasteiger partial charge < -0.3 is 0 Å². The van der Waals surface area contributed by atoms with E-state index in [9.17, 15) is 18.0 Å². The molecule has 0 radical (unpaired) electrons. The van der Waals surface area contributed by atoms with Crippen LogP contribution >= 0.6 is 11.9 Å². The highest BCUT2D eigenvalue weighted by molar-refractivity contribution is 7.98. The summed E-state index contributed by atoms with van der Waals surface area (Å²) >= 11 is -0.514. The Hall–Kier alpha value is -0.650. The molecule has 0 atom stereocenters. The van der Waals surface area contributed by atoms with Gasteiger partial charge in [-0.3, -0.25) is 9.52 Å². The standard InChI is InChI=1S/C8H12F3NOS/c1-2-3-4-5-6-7(13)12-14-8(9,10)11/h2H,1,3-6H2,(H,12,13). The number of unbranched alkanes of at least 4 members (excludes halogenated alkanes) is 2. The van der Waals surface area contributed by atoms with E-state index in [0.29, 0.717) is 6.42 Å². The molecule has 2 nitrogen and oxygen atoms in total. The van der Waals surface area contributed by atoms with Crippen LogP contribution in [0.15, 0.2) is 12.7 Å². The number of alkyl halides is 3. The van der Waals surface area contributed by atoms with Crippen LogP contribution in [0.1, 0.15) is 25.7 Å². The number of carbonyl (C=O) groups excluding carboxylic acids is 1. The maximum absolute atomic E-state index is 11.6. The highest BCUT2D eigenvalue weighted by atomic mass is 32.2. The molecule has 0 aliphatic rings. The van der Waals surface area contributed by atoms with Gasteiger partial charge in [-0.25, -0.2) is 0 Å². The van der Waals surface area contributed by atoms with Crippen molar-refractivity contribution in [1.29, 1.82) is 0 Å². The molecule has 0 aliphatic heterocycles. The molecule has 0 rings (SSSR count). The van der Waals surface area contributed by atoms with Crippen LogP contribution in [0.5, 0.6) is 0 Å². The van der Waals surface area contributed by atoms with Crippen LogP contribution in [0.25, 0.3) is 0 Å². The quantitative estimate of drug-likeness (QED) is 0.429. The SMILES string of the molecule is C=CCCCCC(=O)NSC(F)(F)F. The molecular weight excluding hydrogens is 215 g/mol. The van der Waals surface area contributed by atoms with Crippen LogP contribution in [0, 0.1) is 0 Å². The first-order valence-electron chi connectivity index (χ1n) is 4.10. The predicted molar refractivity (Wildman–Crippen MR) is 50.5 cm³/mol. The molecule has 82 valence electrons. The molecule has 1 amide bonds. The molecule has 0 aromatic heterocycles. The summed E-state index contributed by atoms with van der Waals surface area (Å²) in [4.78, 5) is 10.8. The summed E-state index contributed by atoms with van der Waals surface area (Å²) in [7, 11) is 0. The third-order valence-corrected chi connectivity index (χ3v) is 1.90. The lowest BCUT2D eigenvalue weighted by Crippen LogP contribution is -2.20. The molecule has 0 heterocycles. The van der Waals surface area contributed by atoms with Crippen molar-refractivity contribution in [1.82, 2.24) is 4.72 Å². The maximum Gasteiger partial charge on any atom is 0.461 e. The van der Waals surface area contributed by atoms with E-state index in [1.165, 1.54) is 0 Å². The minimum atomic E-state index is -4.41. The van der Waals surface area contributed by atoms with E-state index in [1.807, 2.05) is 0 Å². The fourth-order valence-electron chi connectivity index (χ4n) is 0.740. The molecule has 0 saturated carbocycles. The third-order valence-electron chi connectivity index (χ3n) is 1.34. The van der Waals surface area contributed by atoms with E-state index in [1.54, 1.807) is 10.8 Å². The van der Waals surface area contributed by atoms with E-state index in [0.717, 1.165) is 12.8 Å². The summed E-state index contributed by atoms with van der Waals surface area (Å²) in [5, 5.41) is 0. The second-order valence-corrected chi connectivity index (χ2v) is 3.48. The average molecular weight is 227 g/mol. The van der Waals surface area contributed by atoms with Crippen molar-refractivity contribution in [2.24, 2.45) is 0 Å². The van der Waals surface area contributed by atoms with E-state index in [2.05, 4.69) is 6.58 Å². The van der Waals surface area contributed by atoms with Gasteiger partial charge in [0.05, 0.1) is 11.9 Å². The number of carbonyl (C=O) groups is 1. The minimum absolute atomic E-state index is 0.122. The van der Waals surface area contributed by atoms with Crippen LogP contribution in [0.2, 0.25) is 0 Å². The van der Waals surface area contributed by atoms with Crippen molar-refractivity contribution in [3.05, 3.63) is 12.7 Å². The van der Waals surface area contributed by atoms with Gasteiger partial charge in [-0.2, -0.15) is 13.2 Å². The van der Waals surface area contributed by atoms with E-state index in [-0.39, 0.29) is 6.42 Å². The second-order valence-electron chi connectivity index (χ2n) is 2.61. The summed E-state index contributed by atoms with van der Waals surface area (Å²) in [6, 6.07) is 0. The van der Waals surface area contributed by atoms with Gasteiger partial charge in [-0.15, -0.1) is 6.58 Å². The topological polar surface area (TPSA) is 29.1 Å². The molecular formula is C8H12F3NOS. The molecule has 0 spiro atoms. The first kappa shape index (κ1) is 13.4. The first-order valence-corrected chi connectivity index (χ1v) is 4.92. The Labute approximate surface area is 85.1 Å². The molecule has 0 unspecified atom stereocenters. The summed E-state index contributed by atoms with van der Waals surface area (Å²) in [6.45, 7) is 3.49. The van der Waals surface area contributed by atoms with Gasteiger partial charge in [0, 0.05) is 6.42 Å². The first-order chi connectivity index (χ1) is 6.45. The van der Waals surface area contributed by atoms with Gasteiger partial charge in [0.2, 0.25) is 5.91 Å². The van der Waals surface area contributed by atoms with Gasteiger partial charge in [0.15, 0.2) is 0 Å². The normalized spacial score (nSPS) is 11.1. The van der Waals surface area contributed by atoms with Gasteiger partial charge in [-0.05, 0) is 19.3 Å². The smallest absolute Gasteiger partial charge is 0.293 e. The molecule has 0 bridgehead atoms. The highest BCUT2D eigenvalue weighted by Crippen LogP contribution is 2.27. The summed E-state index contributed by atoms with van der Waals surface area (Å²) < 4.78 is 36.5. The number of halogens is 3. The molecule has 0 aromatic carbocycles. The Bertz CT molecular complexity index is 194. The van der Waals surface area contributed by atoms with Gasteiger partial charge in [0.1, 0.15) is 0 Å². The van der Waals surface area contributed by atoms with E-state index in [4.69, 9.17) is 0 Å². The van der Waals surface area contributed by atoms with Crippen molar-refractivity contribution in [3.8, 4) is 0 Å². The second kappa shape index (κ2) is 6.75. The van der Waals surface area contributed by atoms with E-state index >= 15 is 0 Å². The summed E-state index contributed by atoms with van der Waals surface area (Å²) in [5.74, 6) is -0.587. The minimum Gasteiger partial charge on any atom is -0.293 e. The predicted octanol–water partition coefficient (Wildman–Crippen LogP) is 3.02. The molecule has 0 aliphatic carbocycles. The number of hydrogen-bond donors (Lipinski definition) is 1. The van der Waals surface area contributed by atoms with Crippen molar-refractivity contribution in [3.63, 3.8) is 0 Å². The van der Waals surface area contributed by atoms with Crippen LogP contribution in [0.4, 0.5) is 13.2 Å². The fraction of sp³-hybridized carbons (Fsp3) is 0.625. The van der Waals surface area contributed by atoms with Gasteiger partial charge in [-0.1, -0.05) is 6.08 Å². The van der Waals surface area contributed by atoms with Gasteiger partial charge in [0.25, 0.3) is 0 Å². The van der Waals surface area contributed by atoms with Crippen LogP contribution in [-0.2, 0) is 4.79 Å². The molecule has 0 saturated heterocycles. The average Bonchev–Trinajstić information content (AvgIpc) is 2.08. The number of allylic oxidation sites excluding steroid dienone is 1. The van der Waals surface area contributed by atoms with Crippen LogP contribution in [-0.4, -0.2) is 11.4 Å². The lowest BCUT2D eigenvalue weighted by molar-refractivity contribution is -0.119. The zero-order valence-electron chi connectivity index (χ0n) is 7.56. The number of rotatable bonds is 6. The summed E-state index contributed by atoms with van der Waals surface area (Å²) in [6.07, 6.45) is 3.96. The lowest BCUT2D eigenvalue weighted by atomic mass is 10.2. The zero-order valence-corrected chi connectivity index (χ0v) is 8.38. The molecule has 1 N–H and O–H groups in total. The third kappa shape index (κ3) is 9.44. The molecule has 0 aromatic rings. The Morgan fingerprint density at radius 1 is 1.43 bits per heavy atom. The number of nitrogens with one attached hydrogen (secondary N) is 1. The maximum atomic E-state index is 11.6. The van der Waals surface area contributed by atoms with Crippen molar-refractivity contribution in [2.75, 3.05) is 0 Å². The Kier molecular flexibility index (Phi) is 6.44. The number of amides is 1. The summed E-state index contributed by atoms with van der Waals surface area (Å²) in [5.41, 5.74) is -4.41. The van der Waals surface area contributed by atoms with Crippen LogP contribution < -0.4 is 4.72 Å². The van der Waals surface area contributed by atoms with E-state index < -0.39 is 23.4 Å². The fourth-order valence-corrected chi connectivity index (χ4v) is 1.07. The monoisotopic (exact) mass is 227 g/mol. The van der Waals surface area contributed by atoms with Gasteiger partial charge >= 0.3 is 5.51 Å². The lowest BCUT2D eigenvalue weighted by Gasteiger charge is -2.06. The molecule has 6 heteroatoms. The Morgan fingerprint density at radius 2 is 2.07 bits per heavy atom. The molecule has 14 heavy (non-hydrogen) atoms. The van der Waals surface area contributed by atoms with Crippen molar-refractivity contribution in [2.45, 2.75) is 31.2 Å². The number of hydrogen-bond acceptors (Lipinski definition) is 2. The Morgan fingerprint density at radius 3 is 2.57 bits per heavy atom. The van der Waals surface area contributed by atoms with Crippen LogP contribution in [0.3, 0.4) is 0 Å². The van der Waals surface area contributed by atoms with Crippen molar-refractivity contribution >= 4 is 17.9 Å². The van der Waals surface area contributed by atoms with Crippen molar-refractivity contribution < 1.29 is 18.0 Å². The molecule has 0 fully saturated rings. The zero-order chi connectivity index (χ0) is 11.0.